The minimum absolute atomic E-state index is 0.0236. The summed E-state index contributed by atoms with van der Waals surface area (Å²) in [5.41, 5.74) is 1.17. The lowest BCUT2D eigenvalue weighted by Gasteiger charge is -2.28. The molecule has 19 heavy (non-hydrogen) atoms. The molecule has 0 saturated heterocycles. The predicted octanol–water partition coefficient (Wildman–Crippen LogP) is 1.07. The van der Waals surface area contributed by atoms with E-state index >= 15 is 0 Å². The Morgan fingerprint density at radius 3 is 2.79 bits per heavy atom. The molecule has 1 N–H and O–H groups in total. The summed E-state index contributed by atoms with van der Waals surface area (Å²) in [4.78, 5) is 37.2. The Bertz CT molecular complexity index is 557. The zero-order valence-corrected chi connectivity index (χ0v) is 11.5. The fourth-order valence-corrected chi connectivity index (χ4v) is 2.73. The molecule has 1 heterocycles. The first-order chi connectivity index (χ1) is 9.02. The number of ketones is 1. The molecule has 0 atom stereocenters. The summed E-state index contributed by atoms with van der Waals surface area (Å²) < 4.78 is 0. The minimum Gasteiger partial charge on any atom is -0.358 e. The maximum absolute atomic E-state index is 11.9. The number of likely N-dealkylation sites (N-methyl/N-ethyl adjacent to an activating group) is 1. The van der Waals surface area contributed by atoms with Gasteiger partial charge in [-0.25, -0.2) is 0 Å². The average molecular weight is 278 g/mol. The lowest BCUT2D eigenvalue weighted by Crippen LogP contribution is -2.42. The number of hydrogen-bond donors (Lipinski definition) is 1. The Morgan fingerprint density at radius 1 is 1.42 bits per heavy atom. The highest BCUT2D eigenvalue weighted by Gasteiger charge is 2.26. The highest BCUT2D eigenvalue weighted by molar-refractivity contribution is 8.00. The van der Waals surface area contributed by atoms with Crippen molar-refractivity contribution in [3.63, 3.8) is 0 Å². The van der Waals surface area contributed by atoms with Crippen molar-refractivity contribution in [3.8, 4) is 0 Å². The van der Waals surface area contributed by atoms with Gasteiger partial charge in [-0.2, -0.15) is 0 Å². The van der Waals surface area contributed by atoms with Gasteiger partial charge in [0.15, 0.2) is 5.78 Å². The standard InChI is InChI=1S/C13H14N2O3S/c1-8(16)9-3-4-11-10(5-9)15(6-12(17)14-2)13(18)7-19-11/h3-5H,6-7H2,1-2H3,(H,14,17). The Labute approximate surface area is 115 Å². The number of nitrogens with zero attached hydrogens (tertiary/aromatic N) is 1. The van der Waals surface area contributed by atoms with Crippen molar-refractivity contribution in [2.75, 3.05) is 24.2 Å². The van der Waals surface area contributed by atoms with E-state index in [0.717, 1.165) is 4.90 Å². The van der Waals surface area contributed by atoms with E-state index < -0.39 is 0 Å². The monoisotopic (exact) mass is 278 g/mol. The van der Waals surface area contributed by atoms with Crippen LogP contribution in [0.15, 0.2) is 23.1 Å². The van der Waals surface area contributed by atoms with Gasteiger partial charge in [-0.1, -0.05) is 6.07 Å². The molecule has 0 spiro atoms. The van der Waals surface area contributed by atoms with Gasteiger partial charge in [-0.15, -0.1) is 11.8 Å². The third-order valence-electron chi connectivity index (χ3n) is 2.89. The lowest BCUT2D eigenvalue weighted by atomic mass is 10.1. The quantitative estimate of drug-likeness (QED) is 0.840. The summed E-state index contributed by atoms with van der Waals surface area (Å²) in [5.74, 6) is -0.115. The third kappa shape index (κ3) is 2.78. The van der Waals surface area contributed by atoms with Crippen molar-refractivity contribution < 1.29 is 14.4 Å². The predicted molar refractivity (Wildman–Crippen MR) is 73.6 cm³/mol. The average Bonchev–Trinajstić information content (AvgIpc) is 2.41. The number of fused-ring (bicyclic) bond motifs is 1. The molecule has 100 valence electrons. The number of rotatable bonds is 3. The molecule has 1 aliphatic heterocycles. The van der Waals surface area contributed by atoms with Crippen LogP contribution in [0.5, 0.6) is 0 Å². The molecular weight excluding hydrogens is 264 g/mol. The number of benzene rings is 1. The number of carbonyl (C=O) groups excluding carboxylic acids is 3. The van der Waals surface area contributed by atoms with Crippen LogP contribution < -0.4 is 10.2 Å². The summed E-state index contributed by atoms with van der Waals surface area (Å²) in [6, 6.07) is 5.23. The van der Waals surface area contributed by atoms with Gasteiger partial charge < -0.3 is 10.2 Å². The lowest BCUT2D eigenvalue weighted by molar-refractivity contribution is -0.122. The number of nitrogens with one attached hydrogen (secondary N) is 1. The van der Waals surface area contributed by atoms with E-state index in [9.17, 15) is 14.4 Å². The number of thioether (sulfide) groups is 1. The smallest absolute Gasteiger partial charge is 0.239 e. The van der Waals surface area contributed by atoms with Crippen molar-refractivity contribution in [2.24, 2.45) is 0 Å². The van der Waals surface area contributed by atoms with E-state index in [2.05, 4.69) is 5.32 Å². The van der Waals surface area contributed by atoms with E-state index in [-0.39, 0.29) is 24.1 Å². The minimum atomic E-state index is -0.237. The third-order valence-corrected chi connectivity index (χ3v) is 3.94. The second-order valence-electron chi connectivity index (χ2n) is 4.18. The van der Waals surface area contributed by atoms with Crippen LogP contribution in [0, 0.1) is 0 Å². The van der Waals surface area contributed by atoms with Crippen molar-refractivity contribution >= 4 is 35.0 Å². The molecule has 0 radical (unpaired) electrons. The summed E-state index contributed by atoms with van der Waals surface area (Å²) in [6.45, 7) is 1.45. The summed E-state index contributed by atoms with van der Waals surface area (Å²) >= 11 is 1.42. The first-order valence-electron chi connectivity index (χ1n) is 5.81. The first kappa shape index (κ1) is 13.6. The van der Waals surface area contributed by atoms with Crippen LogP contribution in [-0.4, -0.2) is 36.9 Å². The van der Waals surface area contributed by atoms with Gasteiger partial charge in [0.1, 0.15) is 6.54 Å². The summed E-state index contributed by atoms with van der Waals surface area (Å²) in [5, 5.41) is 2.49. The van der Waals surface area contributed by atoms with Gasteiger partial charge in [-0.05, 0) is 19.1 Å². The van der Waals surface area contributed by atoms with Crippen LogP contribution in [0.3, 0.4) is 0 Å². The number of amides is 2. The normalized spacial score (nSPS) is 14.0. The SMILES string of the molecule is CNC(=O)CN1C(=O)CSc2ccc(C(C)=O)cc21. The van der Waals surface area contributed by atoms with Crippen molar-refractivity contribution in [1.82, 2.24) is 5.32 Å². The topological polar surface area (TPSA) is 66.5 Å². The number of anilines is 1. The van der Waals surface area contributed by atoms with Gasteiger partial charge in [0.25, 0.3) is 0 Å². The highest BCUT2D eigenvalue weighted by atomic mass is 32.2. The number of carbonyl (C=O) groups is 3. The van der Waals surface area contributed by atoms with E-state index in [1.807, 2.05) is 6.07 Å². The second kappa shape index (κ2) is 5.44. The molecule has 1 aromatic carbocycles. The van der Waals surface area contributed by atoms with E-state index in [1.54, 1.807) is 12.1 Å². The molecule has 0 fully saturated rings. The van der Waals surface area contributed by atoms with Crippen molar-refractivity contribution in [3.05, 3.63) is 23.8 Å². The Balaban J connectivity index is 2.41. The summed E-state index contributed by atoms with van der Waals surface area (Å²) in [6.07, 6.45) is 0. The van der Waals surface area contributed by atoms with E-state index in [4.69, 9.17) is 0 Å². The molecule has 0 unspecified atom stereocenters. The fraction of sp³-hybridized carbons (Fsp3) is 0.308. The van der Waals surface area contributed by atoms with Gasteiger partial charge in [-0.3, -0.25) is 14.4 Å². The molecule has 1 aliphatic rings. The molecule has 0 bridgehead atoms. The van der Waals surface area contributed by atoms with Crippen LogP contribution in [0.4, 0.5) is 5.69 Å². The molecule has 1 aromatic rings. The molecule has 2 amide bonds. The Kier molecular flexibility index (Phi) is 3.90. The Morgan fingerprint density at radius 2 is 2.16 bits per heavy atom. The molecule has 6 heteroatoms. The zero-order chi connectivity index (χ0) is 14.0. The van der Waals surface area contributed by atoms with Gasteiger partial charge in [0.05, 0.1) is 11.4 Å². The number of Topliss-reactive ketones (excluding diaryl/α,β-unsaturated/α-hetero) is 1. The molecule has 5 nitrogen and oxygen atoms in total. The highest BCUT2D eigenvalue weighted by Crippen LogP contribution is 2.35. The zero-order valence-electron chi connectivity index (χ0n) is 10.7. The largest absolute Gasteiger partial charge is 0.358 e. The van der Waals surface area contributed by atoms with Crippen LogP contribution in [-0.2, 0) is 9.59 Å². The maximum atomic E-state index is 11.9. The summed E-state index contributed by atoms with van der Waals surface area (Å²) in [7, 11) is 1.53. The van der Waals surface area contributed by atoms with Crippen LogP contribution in [0.1, 0.15) is 17.3 Å². The van der Waals surface area contributed by atoms with E-state index in [1.165, 1.54) is 30.6 Å². The Hall–Kier alpha value is -1.82. The molecule has 0 aromatic heterocycles. The van der Waals surface area contributed by atoms with Crippen LogP contribution in [0.2, 0.25) is 0 Å². The van der Waals surface area contributed by atoms with E-state index in [0.29, 0.717) is 17.0 Å². The van der Waals surface area contributed by atoms with Crippen LogP contribution >= 0.6 is 11.8 Å². The van der Waals surface area contributed by atoms with Crippen molar-refractivity contribution in [1.29, 1.82) is 0 Å². The molecule has 0 saturated carbocycles. The first-order valence-corrected chi connectivity index (χ1v) is 6.80. The number of hydrogen-bond acceptors (Lipinski definition) is 4. The second-order valence-corrected chi connectivity index (χ2v) is 5.20. The fourth-order valence-electron chi connectivity index (χ4n) is 1.82. The molecule has 0 aliphatic carbocycles. The van der Waals surface area contributed by atoms with Gasteiger partial charge in [0.2, 0.25) is 11.8 Å². The molecular formula is C13H14N2O3S. The van der Waals surface area contributed by atoms with Gasteiger partial charge in [0, 0.05) is 17.5 Å². The molecule has 2 rings (SSSR count). The van der Waals surface area contributed by atoms with Crippen LogP contribution in [0.25, 0.3) is 0 Å². The maximum Gasteiger partial charge on any atom is 0.239 e. The van der Waals surface area contributed by atoms with Gasteiger partial charge >= 0.3 is 0 Å². The van der Waals surface area contributed by atoms with Crippen molar-refractivity contribution in [2.45, 2.75) is 11.8 Å².